The summed E-state index contributed by atoms with van der Waals surface area (Å²) >= 11 is 0. The van der Waals surface area contributed by atoms with E-state index in [1.165, 1.54) is 12.1 Å². The number of nitro groups is 1. The molecule has 0 saturated carbocycles. The highest BCUT2D eigenvalue weighted by molar-refractivity contribution is 6.34. The van der Waals surface area contributed by atoms with E-state index < -0.39 is 16.7 Å². The third kappa shape index (κ3) is 3.17. The maximum Gasteiger partial charge on any atom is 0.270 e. The van der Waals surface area contributed by atoms with Crippen LogP contribution in [0.5, 0.6) is 11.5 Å². The minimum atomic E-state index is -0.616. The van der Waals surface area contributed by atoms with Gasteiger partial charge in [0.15, 0.2) is 0 Å². The molecule has 3 aromatic rings. The van der Waals surface area contributed by atoms with E-state index in [1.54, 1.807) is 48.5 Å². The molecule has 4 rings (SSSR count). The van der Waals surface area contributed by atoms with E-state index in [-0.39, 0.29) is 16.8 Å². The maximum absolute atomic E-state index is 12.6. The number of non-ortho nitro benzene ring substituents is 1. The standard InChI is InChI=1S/C21H11N3O5/c22-12-13-1-6-16(7-2-13)29-17-8-3-14(4-9-17)23-20(25)18-10-5-15(24(27)28)11-19(18)21(23)26/h1-11H. The number of anilines is 1. The van der Waals surface area contributed by atoms with Crippen LogP contribution >= 0.6 is 0 Å². The molecule has 0 spiro atoms. The van der Waals surface area contributed by atoms with Crippen molar-refractivity contribution < 1.29 is 19.2 Å². The lowest BCUT2D eigenvalue weighted by molar-refractivity contribution is -0.384. The number of rotatable bonds is 4. The summed E-state index contributed by atoms with van der Waals surface area (Å²) in [4.78, 5) is 36.5. The SMILES string of the molecule is N#Cc1ccc(Oc2ccc(N3C(=O)c4ccc([N+](=O)[O-])cc4C3=O)cc2)cc1. The van der Waals surface area contributed by atoms with Crippen LogP contribution in [0.25, 0.3) is 0 Å². The molecule has 2 amide bonds. The number of hydrogen-bond acceptors (Lipinski definition) is 6. The Bertz CT molecular complexity index is 1190. The predicted octanol–water partition coefficient (Wildman–Crippen LogP) is 4.06. The van der Waals surface area contributed by atoms with E-state index in [0.717, 1.165) is 11.0 Å². The largest absolute Gasteiger partial charge is 0.457 e. The molecule has 0 fully saturated rings. The Kier molecular flexibility index (Phi) is 4.26. The maximum atomic E-state index is 12.6. The molecule has 8 nitrogen and oxygen atoms in total. The molecule has 0 atom stereocenters. The number of carbonyl (C=O) groups excluding carboxylic acids is 2. The Morgan fingerprint density at radius 2 is 1.45 bits per heavy atom. The fourth-order valence-corrected chi connectivity index (χ4v) is 2.97. The fourth-order valence-electron chi connectivity index (χ4n) is 2.97. The Morgan fingerprint density at radius 1 is 0.862 bits per heavy atom. The monoisotopic (exact) mass is 385 g/mol. The van der Waals surface area contributed by atoms with Gasteiger partial charge < -0.3 is 4.74 Å². The van der Waals surface area contributed by atoms with Crippen LogP contribution in [0, 0.1) is 21.4 Å². The number of imide groups is 1. The lowest BCUT2D eigenvalue weighted by atomic mass is 10.1. The van der Waals surface area contributed by atoms with Gasteiger partial charge >= 0.3 is 0 Å². The van der Waals surface area contributed by atoms with Crippen molar-refractivity contribution in [2.45, 2.75) is 0 Å². The molecule has 3 aromatic carbocycles. The van der Waals surface area contributed by atoms with Gasteiger partial charge in [-0.05, 0) is 54.6 Å². The number of fused-ring (bicyclic) bond motifs is 1. The van der Waals surface area contributed by atoms with Gasteiger partial charge in [0.1, 0.15) is 11.5 Å². The van der Waals surface area contributed by atoms with Crippen molar-refractivity contribution in [1.29, 1.82) is 5.26 Å². The van der Waals surface area contributed by atoms with Gasteiger partial charge in [-0.15, -0.1) is 0 Å². The minimum Gasteiger partial charge on any atom is -0.457 e. The highest BCUT2D eigenvalue weighted by atomic mass is 16.6. The summed E-state index contributed by atoms with van der Waals surface area (Å²) in [6.07, 6.45) is 0. The topological polar surface area (TPSA) is 114 Å². The number of nitrogens with zero attached hydrogens (tertiary/aromatic N) is 3. The Labute approximate surface area is 164 Å². The van der Waals surface area contributed by atoms with Crippen molar-refractivity contribution in [3.05, 3.63) is 93.5 Å². The van der Waals surface area contributed by atoms with Gasteiger partial charge in [0.2, 0.25) is 0 Å². The fraction of sp³-hybridized carbons (Fsp3) is 0. The van der Waals surface area contributed by atoms with Gasteiger partial charge in [0, 0.05) is 12.1 Å². The number of ether oxygens (including phenoxy) is 1. The van der Waals surface area contributed by atoms with Crippen LogP contribution in [-0.2, 0) is 0 Å². The summed E-state index contributed by atoms with van der Waals surface area (Å²) in [7, 11) is 0. The number of hydrogen-bond donors (Lipinski definition) is 0. The van der Waals surface area contributed by atoms with E-state index in [2.05, 4.69) is 0 Å². The molecular weight excluding hydrogens is 374 g/mol. The zero-order valence-electron chi connectivity index (χ0n) is 14.7. The van der Waals surface area contributed by atoms with E-state index in [0.29, 0.717) is 22.7 Å². The molecule has 0 saturated heterocycles. The van der Waals surface area contributed by atoms with Crippen LogP contribution < -0.4 is 9.64 Å². The van der Waals surface area contributed by atoms with Crippen molar-refractivity contribution in [3.63, 3.8) is 0 Å². The molecule has 0 radical (unpaired) electrons. The van der Waals surface area contributed by atoms with Gasteiger partial charge in [0.25, 0.3) is 17.5 Å². The van der Waals surface area contributed by atoms with Crippen LogP contribution in [0.15, 0.2) is 66.7 Å². The van der Waals surface area contributed by atoms with Crippen molar-refractivity contribution in [2.24, 2.45) is 0 Å². The molecule has 140 valence electrons. The zero-order valence-corrected chi connectivity index (χ0v) is 14.7. The first-order valence-corrected chi connectivity index (χ1v) is 8.43. The summed E-state index contributed by atoms with van der Waals surface area (Å²) in [5.74, 6) is -0.148. The summed E-state index contributed by atoms with van der Waals surface area (Å²) in [5, 5.41) is 19.7. The molecular formula is C21H11N3O5. The summed E-state index contributed by atoms with van der Waals surface area (Å²) < 4.78 is 5.68. The lowest BCUT2D eigenvalue weighted by Crippen LogP contribution is -2.29. The van der Waals surface area contributed by atoms with E-state index in [1.807, 2.05) is 6.07 Å². The first-order chi connectivity index (χ1) is 14.0. The van der Waals surface area contributed by atoms with Gasteiger partial charge in [-0.1, -0.05) is 0 Å². The highest BCUT2D eigenvalue weighted by Gasteiger charge is 2.37. The number of nitro benzene ring substituents is 1. The quantitative estimate of drug-likeness (QED) is 0.380. The number of carbonyl (C=O) groups is 2. The number of benzene rings is 3. The average molecular weight is 385 g/mol. The third-order valence-electron chi connectivity index (χ3n) is 4.40. The van der Waals surface area contributed by atoms with Crippen LogP contribution in [0.3, 0.4) is 0 Å². The highest BCUT2D eigenvalue weighted by Crippen LogP contribution is 2.32. The molecule has 1 aliphatic rings. The Balaban J connectivity index is 1.57. The summed E-state index contributed by atoms with van der Waals surface area (Å²) in [6.45, 7) is 0. The van der Waals surface area contributed by atoms with Gasteiger partial charge in [-0.25, -0.2) is 4.90 Å². The molecule has 8 heteroatoms. The number of amides is 2. The van der Waals surface area contributed by atoms with Crippen LogP contribution in [-0.4, -0.2) is 16.7 Å². The van der Waals surface area contributed by atoms with Crippen molar-refractivity contribution >= 4 is 23.2 Å². The van der Waals surface area contributed by atoms with E-state index >= 15 is 0 Å². The normalized spacial score (nSPS) is 12.4. The van der Waals surface area contributed by atoms with Crippen molar-refractivity contribution in [1.82, 2.24) is 0 Å². The van der Waals surface area contributed by atoms with Crippen molar-refractivity contribution in [2.75, 3.05) is 4.90 Å². The molecule has 29 heavy (non-hydrogen) atoms. The van der Waals surface area contributed by atoms with Gasteiger partial charge in [-0.2, -0.15) is 5.26 Å². The molecule has 1 heterocycles. The van der Waals surface area contributed by atoms with Crippen LogP contribution in [0.1, 0.15) is 26.3 Å². The summed E-state index contributed by atoms with van der Waals surface area (Å²) in [6, 6.07) is 18.5. The lowest BCUT2D eigenvalue weighted by Gasteiger charge is -2.14. The second kappa shape index (κ2) is 6.90. The molecule has 1 aliphatic heterocycles. The zero-order chi connectivity index (χ0) is 20.5. The third-order valence-corrected chi connectivity index (χ3v) is 4.40. The van der Waals surface area contributed by atoms with Gasteiger partial charge in [0.05, 0.1) is 33.4 Å². The average Bonchev–Trinajstić information content (AvgIpc) is 2.99. The van der Waals surface area contributed by atoms with Gasteiger partial charge in [-0.3, -0.25) is 19.7 Å². The van der Waals surface area contributed by atoms with Crippen LogP contribution in [0.4, 0.5) is 11.4 Å². The van der Waals surface area contributed by atoms with Crippen molar-refractivity contribution in [3.8, 4) is 17.6 Å². The molecule has 0 aliphatic carbocycles. The van der Waals surface area contributed by atoms with E-state index in [9.17, 15) is 19.7 Å². The molecule has 0 aromatic heterocycles. The van der Waals surface area contributed by atoms with E-state index in [4.69, 9.17) is 10.00 Å². The second-order valence-electron chi connectivity index (χ2n) is 6.16. The Morgan fingerprint density at radius 3 is 2.03 bits per heavy atom. The smallest absolute Gasteiger partial charge is 0.270 e. The number of nitriles is 1. The molecule has 0 unspecified atom stereocenters. The predicted molar refractivity (Wildman–Crippen MR) is 102 cm³/mol. The second-order valence-corrected chi connectivity index (χ2v) is 6.16. The first-order valence-electron chi connectivity index (χ1n) is 8.43. The minimum absolute atomic E-state index is 0.00195. The first kappa shape index (κ1) is 17.9. The molecule has 0 N–H and O–H groups in total. The van der Waals surface area contributed by atoms with Crippen LogP contribution in [0.2, 0.25) is 0 Å². The summed E-state index contributed by atoms with van der Waals surface area (Å²) in [5.41, 5.74) is 0.711. The molecule has 0 bridgehead atoms. The Hall–Kier alpha value is -4.51.